The minimum absolute atomic E-state index is 0.467. The Kier molecular flexibility index (Phi) is 8.04. The van der Waals surface area contributed by atoms with Gasteiger partial charge in [-0.1, -0.05) is 12.1 Å². The van der Waals surface area contributed by atoms with Gasteiger partial charge in [0.2, 0.25) is 5.95 Å². The van der Waals surface area contributed by atoms with Crippen molar-refractivity contribution in [1.29, 1.82) is 0 Å². The Morgan fingerprint density at radius 2 is 1.91 bits per heavy atom. The highest BCUT2D eigenvalue weighted by Crippen LogP contribution is 2.23. The van der Waals surface area contributed by atoms with Gasteiger partial charge in [-0.3, -0.25) is 0 Å². The Bertz CT molecular complexity index is 1060. The molecule has 1 aliphatic rings. The molecule has 0 aliphatic carbocycles. The van der Waals surface area contributed by atoms with E-state index in [1.807, 2.05) is 25.1 Å². The lowest BCUT2D eigenvalue weighted by Crippen LogP contribution is -2.23. The van der Waals surface area contributed by atoms with Gasteiger partial charge in [-0.05, 0) is 63.5 Å². The van der Waals surface area contributed by atoms with E-state index in [4.69, 9.17) is 19.6 Å². The zero-order chi connectivity index (χ0) is 22.9. The summed E-state index contributed by atoms with van der Waals surface area (Å²) < 4.78 is 8.01. The van der Waals surface area contributed by atoms with Gasteiger partial charge in [0, 0.05) is 18.2 Å². The fourth-order valence-electron chi connectivity index (χ4n) is 3.56. The minimum Gasteiger partial charge on any atom is -0.478 e. The number of fused-ring (bicyclic) bond motifs is 1. The van der Waals surface area contributed by atoms with E-state index in [1.165, 1.54) is 12.8 Å². The van der Waals surface area contributed by atoms with E-state index in [1.54, 1.807) is 0 Å². The molecule has 32 heavy (non-hydrogen) atoms. The SMILES string of the molecule is Cc1ccc(Cn2c(NC3CCCNCC3)nc3ccccc32)o1.O=C(O)/C=C/C(=O)O. The van der Waals surface area contributed by atoms with Crippen LogP contribution >= 0.6 is 0 Å². The van der Waals surface area contributed by atoms with Gasteiger partial charge < -0.3 is 29.8 Å². The summed E-state index contributed by atoms with van der Waals surface area (Å²) in [6, 6.07) is 12.8. The molecule has 0 amide bonds. The number of benzene rings is 1. The van der Waals surface area contributed by atoms with Gasteiger partial charge in [0.05, 0.1) is 17.6 Å². The van der Waals surface area contributed by atoms with Crippen LogP contribution in [0.4, 0.5) is 5.95 Å². The second-order valence-corrected chi connectivity index (χ2v) is 7.55. The highest BCUT2D eigenvalue weighted by Gasteiger charge is 2.17. The van der Waals surface area contributed by atoms with Crippen LogP contribution in [0, 0.1) is 6.92 Å². The summed E-state index contributed by atoms with van der Waals surface area (Å²) in [6.45, 7) is 4.85. The van der Waals surface area contributed by atoms with Crippen molar-refractivity contribution in [2.45, 2.75) is 38.8 Å². The van der Waals surface area contributed by atoms with E-state index in [2.05, 4.69) is 33.4 Å². The van der Waals surface area contributed by atoms with Crippen LogP contribution in [0.15, 0.2) is 53.0 Å². The molecule has 0 saturated carbocycles. The number of anilines is 1. The summed E-state index contributed by atoms with van der Waals surface area (Å²) in [7, 11) is 0. The van der Waals surface area contributed by atoms with Gasteiger partial charge in [-0.25, -0.2) is 14.6 Å². The van der Waals surface area contributed by atoms with Crippen molar-refractivity contribution < 1.29 is 24.2 Å². The van der Waals surface area contributed by atoms with Crippen LogP contribution in [0.2, 0.25) is 0 Å². The molecule has 9 heteroatoms. The number of para-hydroxylation sites is 2. The maximum absolute atomic E-state index is 9.55. The molecule has 1 aromatic carbocycles. The van der Waals surface area contributed by atoms with Crippen LogP contribution in [-0.2, 0) is 16.1 Å². The summed E-state index contributed by atoms with van der Waals surface area (Å²) in [4.78, 5) is 23.9. The van der Waals surface area contributed by atoms with Crippen molar-refractivity contribution in [3.05, 3.63) is 60.1 Å². The van der Waals surface area contributed by atoms with Crippen molar-refractivity contribution >= 4 is 28.9 Å². The number of carboxylic acid groups (broad SMARTS) is 2. The van der Waals surface area contributed by atoms with E-state index >= 15 is 0 Å². The van der Waals surface area contributed by atoms with Crippen molar-refractivity contribution in [3.63, 3.8) is 0 Å². The van der Waals surface area contributed by atoms with Gasteiger partial charge in [0.15, 0.2) is 0 Å². The lowest BCUT2D eigenvalue weighted by Gasteiger charge is -2.17. The number of furan rings is 1. The number of rotatable bonds is 6. The predicted molar refractivity (Wildman–Crippen MR) is 121 cm³/mol. The smallest absolute Gasteiger partial charge is 0.328 e. The van der Waals surface area contributed by atoms with Crippen molar-refractivity contribution in [3.8, 4) is 0 Å². The Labute approximate surface area is 185 Å². The topological polar surface area (TPSA) is 130 Å². The van der Waals surface area contributed by atoms with Gasteiger partial charge in [0.1, 0.15) is 11.5 Å². The Morgan fingerprint density at radius 1 is 1.16 bits per heavy atom. The first kappa shape index (κ1) is 23.1. The second-order valence-electron chi connectivity index (χ2n) is 7.55. The van der Waals surface area contributed by atoms with Gasteiger partial charge in [-0.15, -0.1) is 0 Å². The molecule has 1 fully saturated rings. The zero-order valence-corrected chi connectivity index (χ0v) is 18.0. The number of aromatic nitrogens is 2. The Balaban J connectivity index is 0.000000312. The third kappa shape index (κ3) is 6.71. The summed E-state index contributed by atoms with van der Waals surface area (Å²) in [5.41, 5.74) is 2.16. The number of carboxylic acids is 2. The predicted octanol–water partition coefficient (Wildman–Crippen LogP) is 3.25. The van der Waals surface area contributed by atoms with Crippen LogP contribution in [0.5, 0.6) is 0 Å². The number of aliphatic carboxylic acids is 2. The molecule has 1 saturated heterocycles. The van der Waals surface area contributed by atoms with E-state index in [-0.39, 0.29) is 0 Å². The summed E-state index contributed by atoms with van der Waals surface area (Å²) in [5.74, 6) is 0.331. The molecule has 3 heterocycles. The highest BCUT2D eigenvalue weighted by molar-refractivity contribution is 5.89. The molecule has 1 atom stereocenters. The molecular formula is C23H28N4O5. The van der Waals surface area contributed by atoms with E-state index in [9.17, 15) is 9.59 Å². The standard InChI is InChI=1S/C19H24N4O.C4H4O4/c1-14-8-9-16(24-14)13-23-18-7-3-2-6-17(18)22-19(23)21-15-5-4-11-20-12-10-15;5-3(6)1-2-4(7)8/h2-3,6-9,15,20H,4-5,10-13H2,1H3,(H,21,22);1-2H,(H,5,6)(H,7,8)/b;2-1+. The van der Waals surface area contributed by atoms with Gasteiger partial charge in [0.25, 0.3) is 0 Å². The number of aryl methyl sites for hydroxylation is 1. The fraction of sp³-hybridized carbons (Fsp3) is 0.348. The average Bonchev–Trinajstić information content (AvgIpc) is 3.21. The van der Waals surface area contributed by atoms with Crippen LogP contribution in [0.1, 0.15) is 30.8 Å². The van der Waals surface area contributed by atoms with Crippen LogP contribution < -0.4 is 10.6 Å². The lowest BCUT2D eigenvalue weighted by atomic mass is 10.1. The number of carbonyl (C=O) groups is 2. The van der Waals surface area contributed by atoms with Gasteiger partial charge in [-0.2, -0.15) is 0 Å². The molecule has 1 unspecified atom stereocenters. The molecule has 2 aromatic heterocycles. The summed E-state index contributed by atoms with van der Waals surface area (Å²) in [6.07, 6.45) is 4.62. The van der Waals surface area contributed by atoms with E-state index < -0.39 is 11.9 Å². The quantitative estimate of drug-likeness (QED) is 0.430. The van der Waals surface area contributed by atoms with Crippen molar-refractivity contribution in [1.82, 2.24) is 14.9 Å². The third-order valence-electron chi connectivity index (χ3n) is 5.04. The molecule has 9 nitrogen and oxygen atoms in total. The largest absolute Gasteiger partial charge is 0.478 e. The molecular weight excluding hydrogens is 412 g/mol. The number of nitrogens with one attached hydrogen (secondary N) is 2. The summed E-state index contributed by atoms with van der Waals surface area (Å²) >= 11 is 0. The molecule has 0 spiro atoms. The molecule has 0 radical (unpaired) electrons. The normalized spacial score (nSPS) is 16.3. The lowest BCUT2D eigenvalue weighted by molar-refractivity contribution is -0.134. The van der Waals surface area contributed by atoms with Crippen molar-refractivity contribution in [2.75, 3.05) is 18.4 Å². The molecule has 0 bridgehead atoms. The molecule has 1 aliphatic heterocycles. The first-order chi connectivity index (χ1) is 15.4. The first-order valence-electron chi connectivity index (χ1n) is 10.5. The highest BCUT2D eigenvalue weighted by atomic mass is 16.4. The summed E-state index contributed by atoms with van der Waals surface area (Å²) in [5, 5.41) is 22.8. The van der Waals surface area contributed by atoms with Crippen LogP contribution in [-0.4, -0.2) is 50.8 Å². The number of hydrogen-bond acceptors (Lipinski definition) is 6. The maximum atomic E-state index is 9.55. The number of nitrogens with zero attached hydrogens (tertiary/aromatic N) is 2. The molecule has 4 N–H and O–H groups in total. The minimum atomic E-state index is -1.26. The fourth-order valence-corrected chi connectivity index (χ4v) is 3.56. The number of imidazole rings is 1. The average molecular weight is 441 g/mol. The maximum Gasteiger partial charge on any atom is 0.328 e. The molecule has 4 rings (SSSR count). The first-order valence-corrected chi connectivity index (χ1v) is 10.5. The Hall–Kier alpha value is -3.59. The molecule has 3 aromatic rings. The van der Waals surface area contributed by atoms with E-state index in [0.717, 1.165) is 48.0 Å². The molecule has 170 valence electrons. The van der Waals surface area contributed by atoms with Gasteiger partial charge >= 0.3 is 11.9 Å². The van der Waals surface area contributed by atoms with E-state index in [0.29, 0.717) is 24.7 Å². The third-order valence-corrected chi connectivity index (χ3v) is 5.04. The van der Waals surface area contributed by atoms with Crippen LogP contribution in [0.25, 0.3) is 11.0 Å². The Morgan fingerprint density at radius 3 is 2.59 bits per heavy atom. The second kappa shape index (κ2) is 11.1. The monoisotopic (exact) mass is 440 g/mol. The van der Waals surface area contributed by atoms with Crippen LogP contribution in [0.3, 0.4) is 0 Å². The number of hydrogen-bond donors (Lipinski definition) is 4. The zero-order valence-electron chi connectivity index (χ0n) is 18.0. The van der Waals surface area contributed by atoms with Crippen molar-refractivity contribution in [2.24, 2.45) is 0 Å².